The molecule has 4 heterocycles. The molecule has 0 saturated carbocycles. The van der Waals surface area contributed by atoms with Crippen molar-refractivity contribution in [1.29, 1.82) is 0 Å². The van der Waals surface area contributed by atoms with Crippen molar-refractivity contribution in [1.82, 2.24) is 0 Å². The van der Waals surface area contributed by atoms with Gasteiger partial charge in [0.2, 0.25) is 0 Å². The Labute approximate surface area is 114 Å². The molecule has 4 aromatic rings. The highest BCUT2D eigenvalue weighted by molar-refractivity contribution is 7.79. The summed E-state index contributed by atoms with van der Waals surface area (Å²) < 4.78 is 8.79. The lowest BCUT2D eigenvalue weighted by Gasteiger charge is -1.82. The van der Waals surface area contributed by atoms with E-state index in [-0.39, 0.29) is 0 Å². The molecule has 0 spiro atoms. The van der Waals surface area contributed by atoms with Crippen LogP contribution in [0.25, 0.3) is 28.2 Å². The SMILES string of the molecule is SCc1cc2sc3c4sccc4sc3c2s1. The lowest BCUT2D eigenvalue weighted by molar-refractivity contribution is 1.58. The first-order chi connectivity index (χ1) is 7.86. The highest BCUT2D eigenvalue weighted by atomic mass is 32.1. The van der Waals surface area contributed by atoms with Crippen molar-refractivity contribution in [3.63, 3.8) is 0 Å². The minimum atomic E-state index is 0.854. The fourth-order valence-corrected chi connectivity index (χ4v) is 7.44. The van der Waals surface area contributed by atoms with Gasteiger partial charge in [-0.1, -0.05) is 0 Å². The molecule has 16 heavy (non-hydrogen) atoms. The van der Waals surface area contributed by atoms with Crippen LogP contribution in [-0.2, 0) is 5.75 Å². The molecule has 0 unspecified atom stereocenters. The number of fused-ring (bicyclic) bond motifs is 5. The molecule has 4 aromatic heterocycles. The molecule has 0 N–H and O–H groups in total. The zero-order chi connectivity index (χ0) is 10.7. The van der Waals surface area contributed by atoms with Crippen LogP contribution in [0.4, 0.5) is 0 Å². The number of thiophene rings is 4. The maximum absolute atomic E-state index is 4.35. The van der Waals surface area contributed by atoms with Gasteiger partial charge in [0.05, 0.1) is 18.8 Å². The van der Waals surface area contributed by atoms with Crippen LogP contribution in [0.3, 0.4) is 0 Å². The maximum Gasteiger partial charge on any atom is 0.0650 e. The summed E-state index contributed by atoms with van der Waals surface area (Å²) in [5, 5.41) is 2.19. The molecule has 0 fully saturated rings. The normalized spacial score (nSPS) is 12.3. The summed E-state index contributed by atoms with van der Waals surface area (Å²) in [5.41, 5.74) is 0. The zero-order valence-electron chi connectivity index (χ0n) is 8.02. The Morgan fingerprint density at radius 2 is 1.75 bits per heavy atom. The van der Waals surface area contributed by atoms with Gasteiger partial charge in [-0.3, -0.25) is 0 Å². The van der Waals surface area contributed by atoms with Crippen LogP contribution >= 0.6 is 58.0 Å². The Kier molecular flexibility index (Phi) is 2.14. The van der Waals surface area contributed by atoms with E-state index in [0.717, 1.165) is 5.75 Å². The standard InChI is InChI=1S/C11H6S5/c12-4-5-3-7-9(14-5)11-10(16-7)8-6(15-11)1-2-13-8/h1-3,12H,4H2. The molecule has 0 nitrogen and oxygen atoms in total. The van der Waals surface area contributed by atoms with E-state index in [2.05, 4.69) is 30.1 Å². The summed E-state index contributed by atoms with van der Waals surface area (Å²) >= 11 is 12.0. The van der Waals surface area contributed by atoms with Gasteiger partial charge in [-0.2, -0.15) is 12.6 Å². The third-order valence-electron chi connectivity index (χ3n) is 2.58. The third-order valence-corrected chi connectivity index (χ3v) is 8.19. The molecule has 5 heteroatoms. The van der Waals surface area contributed by atoms with Crippen molar-refractivity contribution >= 4 is 86.2 Å². The summed E-state index contributed by atoms with van der Waals surface area (Å²) in [5.74, 6) is 0.854. The van der Waals surface area contributed by atoms with E-state index in [1.54, 1.807) is 0 Å². The van der Waals surface area contributed by atoms with Crippen molar-refractivity contribution in [2.24, 2.45) is 0 Å². The van der Waals surface area contributed by atoms with Gasteiger partial charge < -0.3 is 0 Å². The number of hydrogen-bond acceptors (Lipinski definition) is 5. The van der Waals surface area contributed by atoms with Crippen molar-refractivity contribution in [3.05, 3.63) is 22.4 Å². The first kappa shape index (κ1) is 9.91. The predicted molar refractivity (Wildman–Crippen MR) is 83.2 cm³/mol. The van der Waals surface area contributed by atoms with E-state index in [9.17, 15) is 0 Å². The van der Waals surface area contributed by atoms with Gasteiger partial charge in [0, 0.05) is 20.0 Å². The molecule has 0 saturated heterocycles. The summed E-state index contributed by atoms with van der Waals surface area (Å²) in [7, 11) is 0. The van der Waals surface area contributed by atoms with Crippen molar-refractivity contribution in [2.75, 3.05) is 0 Å². The van der Waals surface area contributed by atoms with Crippen LogP contribution in [0, 0.1) is 0 Å². The summed E-state index contributed by atoms with van der Waals surface area (Å²) in [4.78, 5) is 1.38. The van der Waals surface area contributed by atoms with Gasteiger partial charge in [-0.15, -0.1) is 45.3 Å². The number of hydrogen-bond donors (Lipinski definition) is 1. The second-order valence-corrected chi connectivity index (χ2v) is 8.01. The van der Waals surface area contributed by atoms with E-state index in [1.165, 1.54) is 33.1 Å². The Morgan fingerprint density at radius 3 is 2.62 bits per heavy atom. The second kappa shape index (κ2) is 3.46. The topological polar surface area (TPSA) is 0 Å². The summed E-state index contributed by atoms with van der Waals surface area (Å²) in [6, 6.07) is 4.53. The van der Waals surface area contributed by atoms with Crippen LogP contribution in [0.15, 0.2) is 17.5 Å². The van der Waals surface area contributed by atoms with Gasteiger partial charge in [0.1, 0.15) is 0 Å². The minimum Gasteiger partial charge on any atom is -0.174 e. The van der Waals surface area contributed by atoms with Gasteiger partial charge in [-0.05, 0) is 17.5 Å². The average molecular weight is 299 g/mol. The second-order valence-electron chi connectivity index (χ2n) is 3.54. The van der Waals surface area contributed by atoms with Crippen LogP contribution in [-0.4, -0.2) is 0 Å². The Balaban J connectivity index is 2.22. The largest absolute Gasteiger partial charge is 0.174 e. The molecular formula is C11H6S5. The first-order valence-corrected chi connectivity index (χ1v) is 8.75. The van der Waals surface area contributed by atoms with Crippen LogP contribution in [0.2, 0.25) is 0 Å². The van der Waals surface area contributed by atoms with E-state index in [1.807, 2.05) is 45.3 Å². The molecule has 0 atom stereocenters. The Bertz CT molecular complexity index is 794. The number of thiol groups is 1. The lowest BCUT2D eigenvalue weighted by atomic mass is 10.4. The Hall–Kier alpha value is -0.0700. The molecule has 0 aliphatic heterocycles. The van der Waals surface area contributed by atoms with E-state index < -0.39 is 0 Å². The van der Waals surface area contributed by atoms with Gasteiger partial charge in [0.15, 0.2) is 0 Å². The molecule has 0 radical (unpaired) electrons. The highest BCUT2D eigenvalue weighted by Crippen LogP contribution is 2.48. The summed E-state index contributed by atoms with van der Waals surface area (Å²) in [6.45, 7) is 0. The number of rotatable bonds is 1. The van der Waals surface area contributed by atoms with Gasteiger partial charge >= 0.3 is 0 Å². The zero-order valence-corrected chi connectivity index (χ0v) is 12.2. The molecule has 0 bridgehead atoms. The molecule has 0 aromatic carbocycles. The lowest BCUT2D eigenvalue weighted by Crippen LogP contribution is -1.60. The van der Waals surface area contributed by atoms with Crippen molar-refractivity contribution in [3.8, 4) is 0 Å². The van der Waals surface area contributed by atoms with Crippen LogP contribution < -0.4 is 0 Å². The minimum absolute atomic E-state index is 0.854. The molecule has 4 rings (SSSR count). The van der Waals surface area contributed by atoms with Gasteiger partial charge in [0.25, 0.3) is 0 Å². The predicted octanol–water partition coefficient (Wildman–Crippen LogP) is 5.82. The fourth-order valence-electron chi connectivity index (χ4n) is 1.89. The first-order valence-electron chi connectivity index (χ1n) is 4.78. The van der Waals surface area contributed by atoms with Gasteiger partial charge in [-0.25, -0.2) is 0 Å². The van der Waals surface area contributed by atoms with E-state index in [0.29, 0.717) is 0 Å². The molecular weight excluding hydrogens is 292 g/mol. The monoisotopic (exact) mass is 298 g/mol. The quantitative estimate of drug-likeness (QED) is 0.420. The highest BCUT2D eigenvalue weighted by Gasteiger charge is 2.14. The molecule has 0 aliphatic carbocycles. The third kappa shape index (κ3) is 1.21. The maximum atomic E-state index is 4.35. The smallest absolute Gasteiger partial charge is 0.0650 e. The van der Waals surface area contributed by atoms with Crippen molar-refractivity contribution < 1.29 is 0 Å². The Morgan fingerprint density at radius 1 is 0.938 bits per heavy atom. The fraction of sp³-hybridized carbons (Fsp3) is 0.0909. The van der Waals surface area contributed by atoms with Crippen molar-refractivity contribution in [2.45, 2.75) is 5.75 Å². The molecule has 80 valence electrons. The molecule has 0 amide bonds. The van der Waals surface area contributed by atoms with E-state index >= 15 is 0 Å². The van der Waals surface area contributed by atoms with Crippen LogP contribution in [0.1, 0.15) is 4.88 Å². The molecule has 0 aliphatic rings. The average Bonchev–Trinajstić information content (AvgIpc) is 2.94. The van der Waals surface area contributed by atoms with E-state index in [4.69, 9.17) is 0 Å². The summed E-state index contributed by atoms with van der Waals surface area (Å²) in [6.07, 6.45) is 0. The van der Waals surface area contributed by atoms with Crippen LogP contribution in [0.5, 0.6) is 0 Å².